The van der Waals surface area contributed by atoms with Gasteiger partial charge in [0.25, 0.3) is 0 Å². The molecule has 0 amide bonds. The molecule has 114 valence electrons. The smallest absolute Gasteiger partial charge is 0.123 e. The van der Waals surface area contributed by atoms with Crippen LogP contribution in [-0.2, 0) is 0 Å². The number of hydrogen-bond acceptors (Lipinski definition) is 3. The highest BCUT2D eigenvalue weighted by Gasteiger charge is 2.15. The fraction of sp³-hybridized carbons (Fsp3) is 0.625. The maximum atomic E-state index is 13.6. The number of benzene rings is 1. The van der Waals surface area contributed by atoms with Crippen LogP contribution in [0.5, 0.6) is 0 Å². The standard InChI is InChI=1S/C16H27FN2O/c1-4-6-9-19(10-11-20)16-8-7-14(17)12-15(16)13(3)18-5-2/h7-8,12-13,18,20H,4-6,9-11H2,1-3H3. The molecule has 0 aromatic heterocycles. The number of unbranched alkanes of at least 4 members (excludes halogenated alkanes) is 1. The summed E-state index contributed by atoms with van der Waals surface area (Å²) < 4.78 is 13.6. The molecule has 0 radical (unpaired) electrons. The number of nitrogens with zero attached hydrogens (tertiary/aromatic N) is 1. The Morgan fingerprint density at radius 1 is 1.30 bits per heavy atom. The first kappa shape index (κ1) is 16.9. The van der Waals surface area contributed by atoms with Gasteiger partial charge in [-0.25, -0.2) is 4.39 Å². The second-order valence-electron chi connectivity index (χ2n) is 5.05. The molecule has 1 atom stereocenters. The highest BCUT2D eigenvalue weighted by molar-refractivity contribution is 5.55. The molecule has 0 aliphatic heterocycles. The van der Waals surface area contributed by atoms with E-state index in [1.54, 1.807) is 6.07 Å². The highest BCUT2D eigenvalue weighted by atomic mass is 19.1. The largest absolute Gasteiger partial charge is 0.395 e. The summed E-state index contributed by atoms with van der Waals surface area (Å²) >= 11 is 0. The zero-order valence-corrected chi connectivity index (χ0v) is 12.8. The van der Waals surface area contributed by atoms with Crippen LogP contribution in [0.1, 0.15) is 45.2 Å². The summed E-state index contributed by atoms with van der Waals surface area (Å²) in [5.41, 5.74) is 1.97. The van der Waals surface area contributed by atoms with Crippen LogP contribution < -0.4 is 10.2 Å². The zero-order valence-electron chi connectivity index (χ0n) is 12.8. The van der Waals surface area contributed by atoms with Gasteiger partial charge in [0.1, 0.15) is 5.82 Å². The minimum absolute atomic E-state index is 0.0912. The van der Waals surface area contributed by atoms with Crippen LogP contribution in [0.2, 0.25) is 0 Å². The number of nitrogens with one attached hydrogen (secondary N) is 1. The Hall–Kier alpha value is -1.13. The maximum Gasteiger partial charge on any atom is 0.123 e. The van der Waals surface area contributed by atoms with Crippen molar-refractivity contribution in [3.05, 3.63) is 29.6 Å². The Labute approximate surface area is 121 Å². The molecule has 1 aromatic carbocycles. The zero-order chi connectivity index (χ0) is 15.0. The van der Waals surface area contributed by atoms with E-state index in [0.717, 1.165) is 37.2 Å². The van der Waals surface area contributed by atoms with Gasteiger partial charge in [-0.2, -0.15) is 0 Å². The first-order valence-corrected chi connectivity index (χ1v) is 7.52. The molecule has 0 saturated heterocycles. The van der Waals surface area contributed by atoms with Crippen molar-refractivity contribution in [2.24, 2.45) is 0 Å². The van der Waals surface area contributed by atoms with Gasteiger partial charge < -0.3 is 15.3 Å². The van der Waals surface area contributed by atoms with Crippen LogP contribution >= 0.6 is 0 Å². The Morgan fingerprint density at radius 2 is 2.05 bits per heavy atom. The summed E-state index contributed by atoms with van der Waals surface area (Å²) in [6.07, 6.45) is 2.16. The molecule has 0 saturated carbocycles. The maximum absolute atomic E-state index is 13.6. The molecule has 1 aromatic rings. The van der Waals surface area contributed by atoms with Gasteiger partial charge in [0.15, 0.2) is 0 Å². The second-order valence-corrected chi connectivity index (χ2v) is 5.05. The van der Waals surface area contributed by atoms with Crippen LogP contribution in [0.25, 0.3) is 0 Å². The van der Waals surface area contributed by atoms with Crippen molar-refractivity contribution in [3.8, 4) is 0 Å². The molecular weight excluding hydrogens is 255 g/mol. The van der Waals surface area contributed by atoms with Crippen molar-refractivity contribution >= 4 is 5.69 Å². The summed E-state index contributed by atoms with van der Waals surface area (Å²) in [6, 6.07) is 5.00. The van der Waals surface area contributed by atoms with E-state index >= 15 is 0 Å². The number of halogens is 1. The van der Waals surface area contributed by atoms with Gasteiger partial charge >= 0.3 is 0 Å². The average Bonchev–Trinajstić information content (AvgIpc) is 2.44. The van der Waals surface area contributed by atoms with E-state index in [9.17, 15) is 9.50 Å². The molecule has 0 spiro atoms. The number of hydrogen-bond donors (Lipinski definition) is 2. The summed E-state index contributed by atoms with van der Waals surface area (Å²) in [7, 11) is 0. The predicted octanol–water partition coefficient (Wildman–Crippen LogP) is 3.10. The third-order valence-corrected chi connectivity index (χ3v) is 3.46. The van der Waals surface area contributed by atoms with Gasteiger partial charge in [-0.15, -0.1) is 0 Å². The topological polar surface area (TPSA) is 35.5 Å². The first-order chi connectivity index (χ1) is 9.63. The first-order valence-electron chi connectivity index (χ1n) is 7.52. The highest BCUT2D eigenvalue weighted by Crippen LogP contribution is 2.27. The van der Waals surface area contributed by atoms with Crippen LogP contribution in [0.4, 0.5) is 10.1 Å². The molecule has 0 aliphatic rings. The molecule has 1 unspecified atom stereocenters. The molecule has 0 bridgehead atoms. The molecule has 1 rings (SSSR count). The van der Waals surface area contributed by atoms with Crippen molar-refractivity contribution in [1.29, 1.82) is 0 Å². The van der Waals surface area contributed by atoms with Gasteiger partial charge in [0.05, 0.1) is 6.61 Å². The van der Waals surface area contributed by atoms with E-state index < -0.39 is 0 Å². The van der Waals surface area contributed by atoms with Crippen LogP contribution in [0.15, 0.2) is 18.2 Å². The van der Waals surface area contributed by atoms with E-state index in [0.29, 0.717) is 6.54 Å². The number of aliphatic hydroxyl groups excluding tert-OH is 1. The minimum Gasteiger partial charge on any atom is -0.395 e. The van der Waals surface area contributed by atoms with Gasteiger partial charge in [0, 0.05) is 24.8 Å². The van der Waals surface area contributed by atoms with Crippen LogP contribution in [0.3, 0.4) is 0 Å². The summed E-state index contributed by atoms with van der Waals surface area (Å²) in [5, 5.41) is 12.6. The monoisotopic (exact) mass is 282 g/mol. The molecule has 2 N–H and O–H groups in total. The normalized spacial score (nSPS) is 12.4. The summed E-state index contributed by atoms with van der Waals surface area (Å²) in [5.74, 6) is -0.215. The van der Waals surface area contributed by atoms with Gasteiger partial charge in [-0.3, -0.25) is 0 Å². The lowest BCUT2D eigenvalue weighted by Gasteiger charge is -2.28. The average molecular weight is 282 g/mol. The Kier molecular flexibility index (Phi) is 7.55. The van der Waals surface area contributed by atoms with Gasteiger partial charge in [0.2, 0.25) is 0 Å². The molecular formula is C16H27FN2O. The lowest BCUT2D eigenvalue weighted by molar-refractivity contribution is 0.301. The SMILES string of the molecule is CCCCN(CCO)c1ccc(F)cc1C(C)NCC. The lowest BCUT2D eigenvalue weighted by Crippen LogP contribution is -2.30. The van der Waals surface area contributed by atoms with Crippen molar-refractivity contribution < 1.29 is 9.50 Å². The van der Waals surface area contributed by atoms with Crippen molar-refractivity contribution in [2.75, 3.05) is 31.1 Å². The van der Waals surface area contributed by atoms with Gasteiger partial charge in [-0.1, -0.05) is 20.3 Å². The fourth-order valence-electron chi connectivity index (χ4n) is 2.40. The number of rotatable bonds is 9. The third-order valence-electron chi connectivity index (χ3n) is 3.46. The Bertz CT molecular complexity index is 398. The third kappa shape index (κ3) is 4.76. The summed E-state index contributed by atoms with van der Waals surface area (Å²) in [4.78, 5) is 2.14. The lowest BCUT2D eigenvalue weighted by atomic mass is 10.0. The van der Waals surface area contributed by atoms with E-state index in [2.05, 4.69) is 17.1 Å². The molecule has 20 heavy (non-hydrogen) atoms. The molecule has 4 heteroatoms. The molecule has 0 aliphatic carbocycles. The minimum atomic E-state index is -0.215. The predicted molar refractivity (Wildman–Crippen MR) is 82.7 cm³/mol. The Balaban J connectivity index is 3.05. The molecule has 0 heterocycles. The van der Waals surface area contributed by atoms with Crippen molar-refractivity contribution in [1.82, 2.24) is 5.32 Å². The van der Waals surface area contributed by atoms with Gasteiger partial charge in [-0.05, 0) is 43.7 Å². The Morgan fingerprint density at radius 3 is 2.65 bits per heavy atom. The summed E-state index contributed by atoms with van der Waals surface area (Å²) in [6.45, 7) is 8.63. The van der Waals surface area contributed by atoms with Crippen molar-refractivity contribution in [2.45, 2.75) is 39.7 Å². The van der Waals surface area contributed by atoms with E-state index in [1.165, 1.54) is 6.07 Å². The van der Waals surface area contributed by atoms with E-state index in [4.69, 9.17) is 0 Å². The van der Waals surface area contributed by atoms with Crippen molar-refractivity contribution in [3.63, 3.8) is 0 Å². The molecule has 3 nitrogen and oxygen atoms in total. The number of aliphatic hydroxyl groups is 1. The van der Waals surface area contributed by atoms with E-state index in [-0.39, 0.29) is 18.5 Å². The van der Waals surface area contributed by atoms with E-state index in [1.807, 2.05) is 19.9 Å². The number of anilines is 1. The van der Waals surface area contributed by atoms with Crippen LogP contribution in [-0.4, -0.2) is 31.3 Å². The molecule has 0 fully saturated rings. The fourth-order valence-corrected chi connectivity index (χ4v) is 2.40. The second kappa shape index (κ2) is 8.93. The quantitative estimate of drug-likeness (QED) is 0.730. The van der Waals surface area contributed by atoms with Crippen LogP contribution in [0, 0.1) is 5.82 Å².